The van der Waals surface area contributed by atoms with E-state index in [1.807, 2.05) is 42.5 Å². The zero-order valence-corrected chi connectivity index (χ0v) is 17.7. The van der Waals surface area contributed by atoms with E-state index in [0.29, 0.717) is 12.3 Å². The summed E-state index contributed by atoms with van der Waals surface area (Å²) in [4.78, 5) is 14.5. The monoisotopic (exact) mass is 421 g/mol. The van der Waals surface area contributed by atoms with E-state index < -0.39 is 0 Å². The number of nitrogens with one attached hydrogen (secondary N) is 1. The Morgan fingerprint density at radius 3 is 2.71 bits per heavy atom. The number of carbonyl (C=O) groups is 1. The summed E-state index contributed by atoms with van der Waals surface area (Å²) in [5.74, 6) is 3.09. The number of aromatic nitrogens is 3. The van der Waals surface area contributed by atoms with E-state index >= 15 is 0 Å². The molecule has 0 atom stereocenters. The van der Waals surface area contributed by atoms with Crippen LogP contribution in [0.3, 0.4) is 0 Å². The molecule has 2 aromatic carbocycles. The summed E-state index contributed by atoms with van der Waals surface area (Å²) in [6, 6.07) is 17.5. The van der Waals surface area contributed by atoms with Crippen molar-refractivity contribution in [1.82, 2.24) is 25.0 Å². The van der Waals surface area contributed by atoms with Crippen LogP contribution in [-0.4, -0.2) is 52.4 Å². The molecular weight excluding hydrogens is 394 g/mol. The molecule has 1 aliphatic heterocycles. The number of amides is 1. The lowest BCUT2D eigenvalue weighted by molar-refractivity contribution is -0.123. The zero-order chi connectivity index (χ0) is 21.5. The van der Waals surface area contributed by atoms with Gasteiger partial charge < -0.3 is 19.4 Å². The summed E-state index contributed by atoms with van der Waals surface area (Å²) in [7, 11) is 1.69. The molecule has 4 rings (SSSR count). The number of para-hydroxylation sites is 1. The number of rotatable bonds is 8. The number of nitrogens with zero attached hydrogens (tertiary/aromatic N) is 4. The van der Waals surface area contributed by atoms with Gasteiger partial charge in [0.15, 0.2) is 12.4 Å². The van der Waals surface area contributed by atoms with E-state index in [9.17, 15) is 4.79 Å². The van der Waals surface area contributed by atoms with Crippen molar-refractivity contribution in [3.05, 3.63) is 71.8 Å². The average Bonchev–Trinajstić information content (AvgIpc) is 3.09. The summed E-state index contributed by atoms with van der Waals surface area (Å²) in [6.07, 6.45) is 0.821. The molecule has 0 unspecified atom stereocenters. The third kappa shape index (κ3) is 5.61. The van der Waals surface area contributed by atoms with Gasteiger partial charge in [-0.25, -0.2) is 0 Å². The van der Waals surface area contributed by atoms with E-state index in [4.69, 9.17) is 9.47 Å². The Bertz CT molecular complexity index is 1010. The molecule has 0 radical (unpaired) electrons. The topological polar surface area (TPSA) is 81.5 Å². The highest BCUT2D eigenvalue weighted by atomic mass is 16.5. The Morgan fingerprint density at radius 1 is 1.03 bits per heavy atom. The molecule has 0 fully saturated rings. The van der Waals surface area contributed by atoms with Crippen LogP contribution in [0.5, 0.6) is 11.5 Å². The van der Waals surface area contributed by atoms with Crippen LogP contribution in [0.1, 0.15) is 17.2 Å². The minimum absolute atomic E-state index is 0.0284. The first-order chi connectivity index (χ1) is 15.2. The fourth-order valence-electron chi connectivity index (χ4n) is 3.64. The lowest BCUT2D eigenvalue weighted by Crippen LogP contribution is -2.30. The lowest BCUT2D eigenvalue weighted by Gasteiger charge is -2.20. The van der Waals surface area contributed by atoms with Gasteiger partial charge in [-0.3, -0.25) is 9.69 Å². The van der Waals surface area contributed by atoms with Gasteiger partial charge >= 0.3 is 0 Å². The molecule has 1 N–H and O–H groups in total. The smallest absolute Gasteiger partial charge is 0.258 e. The molecule has 1 aromatic heterocycles. The normalized spacial score (nSPS) is 13.8. The van der Waals surface area contributed by atoms with Gasteiger partial charge in [0.05, 0.1) is 13.7 Å². The molecule has 0 aliphatic carbocycles. The minimum Gasteiger partial charge on any atom is -0.497 e. The van der Waals surface area contributed by atoms with Crippen molar-refractivity contribution in [2.24, 2.45) is 0 Å². The van der Waals surface area contributed by atoms with E-state index in [0.717, 1.165) is 50.0 Å². The molecule has 1 aliphatic rings. The molecule has 0 bridgehead atoms. The summed E-state index contributed by atoms with van der Waals surface area (Å²) >= 11 is 0. The molecule has 0 saturated heterocycles. The van der Waals surface area contributed by atoms with Gasteiger partial charge in [-0.05, 0) is 29.8 Å². The Morgan fingerprint density at radius 2 is 1.87 bits per heavy atom. The van der Waals surface area contributed by atoms with E-state index in [1.165, 1.54) is 5.56 Å². The average molecular weight is 422 g/mol. The Labute approximate surface area is 181 Å². The highest BCUT2D eigenvalue weighted by Crippen LogP contribution is 2.16. The van der Waals surface area contributed by atoms with Crippen LogP contribution in [0.2, 0.25) is 0 Å². The highest BCUT2D eigenvalue weighted by Gasteiger charge is 2.19. The van der Waals surface area contributed by atoms with Crippen LogP contribution in [0, 0.1) is 0 Å². The zero-order valence-electron chi connectivity index (χ0n) is 17.7. The van der Waals surface area contributed by atoms with Crippen molar-refractivity contribution < 1.29 is 14.3 Å². The van der Waals surface area contributed by atoms with Crippen LogP contribution >= 0.6 is 0 Å². The second kappa shape index (κ2) is 10.1. The number of methoxy groups -OCH3 is 1. The predicted octanol–water partition coefficient (Wildman–Crippen LogP) is 2.04. The van der Waals surface area contributed by atoms with Gasteiger partial charge in [0.1, 0.15) is 17.3 Å². The first-order valence-electron chi connectivity index (χ1n) is 10.4. The number of benzene rings is 2. The summed E-state index contributed by atoms with van der Waals surface area (Å²) in [6.45, 7) is 3.75. The van der Waals surface area contributed by atoms with Crippen molar-refractivity contribution >= 4 is 5.91 Å². The maximum atomic E-state index is 12.1. The van der Waals surface area contributed by atoms with Gasteiger partial charge in [-0.2, -0.15) is 0 Å². The molecule has 162 valence electrons. The second-order valence-corrected chi connectivity index (χ2v) is 7.44. The fourth-order valence-corrected chi connectivity index (χ4v) is 3.64. The van der Waals surface area contributed by atoms with Crippen molar-refractivity contribution in [1.29, 1.82) is 0 Å². The third-order valence-electron chi connectivity index (χ3n) is 5.29. The molecule has 0 saturated carbocycles. The van der Waals surface area contributed by atoms with Crippen molar-refractivity contribution in [3.8, 4) is 11.5 Å². The Hall–Kier alpha value is -3.39. The third-order valence-corrected chi connectivity index (χ3v) is 5.29. The molecule has 31 heavy (non-hydrogen) atoms. The molecule has 0 spiro atoms. The number of carbonyl (C=O) groups excluding carboxylic acids is 1. The largest absolute Gasteiger partial charge is 0.497 e. The number of fused-ring (bicyclic) bond motifs is 1. The Balaban J connectivity index is 1.29. The van der Waals surface area contributed by atoms with Crippen LogP contribution in [-0.2, 0) is 30.8 Å². The SMILES string of the molecule is COc1cccc(CN2CCc3nnc(CNC(=O)COc4ccccc4)n3CC2)c1. The summed E-state index contributed by atoms with van der Waals surface area (Å²) < 4.78 is 12.9. The molecule has 2 heterocycles. The fraction of sp³-hybridized carbons (Fsp3) is 0.348. The first-order valence-corrected chi connectivity index (χ1v) is 10.4. The molecule has 8 nitrogen and oxygen atoms in total. The summed E-state index contributed by atoms with van der Waals surface area (Å²) in [5, 5.41) is 11.5. The molecule has 3 aromatic rings. The van der Waals surface area contributed by atoms with Gasteiger partial charge in [-0.1, -0.05) is 30.3 Å². The molecular formula is C23H27N5O3. The quantitative estimate of drug-likeness (QED) is 0.600. The minimum atomic E-state index is -0.186. The van der Waals surface area contributed by atoms with Gasteiger partial charge in [0, 0.05) is 32.6 Å². The van der Waals surface area contributed by atoms with Gasteiger partial charge in [0.2, 0.25) is 0 Å². The number of ether oxygens (including phenoxy) is 2. The van der Waals surface area contributed by atoms with Crippen LogP contribution in [0.25, 0.3) is 0 Å². The Kier molecular flexibility index (Phi) is 6.78. The second-order valence-electron chi connectivity index (χ2n) is 7.44. The van der Waals surface area contributed by atoms with E-state index in [2.05, 4.69) is 37.1 Å². The van der Waals surface area contributed by atoms with Crippen LogP contribution in [0.4, 0.5) is 0 Å². The molecule has 8 heteroatoms. The van der Waals surface area contributed by atoms with E-state index in [1.54, 1.807) is 7.11 Å². The predicted molar refractivity (Wildman–Crippen MR) is 116 cm³/mol. The van der Waals surface area contributed by atoms with Crippen molar-refractivity contribution in [2.45, 2.75) is 26.1 Å². The van der Waals surface area contributed by atoms with Crippen LogP contribution < -0.4 is 14.8 Å². The molecule has 1 amide bonds. The van der Waals surface area contributed by atoms with Crippen molar-refractivity contribution in [3.63, 3.8) is 0 Å². The maximum Gasteiger partial charge on any atom is 0.258 e. The number of hydrogen-bond acceptors (Lipinski definition) is 6. The lowest BCUT2D eigenvalue weighted by atomic mass is 10.2. The summed E-state index contributed by atoms with van der Waals surface area (Å²) in [5.41, 5.74) is 1.22. The standard InChI is InChI=1S/C23H27N5O3/c1-30-20-9-5-6-18(14-20)16-27-11-10-21-25-26-22(28(21)13-12-27)15-24-23(29)17-31-19-7-3-2-4-8-19/h2-9,14H,10-13,15-17H2,1H3,(H,24,29). The van der Waals surface area contributed by atoms with Crippen molar-refractivity contribution in [2.75, 3.05) is 26.8 Å². The highest BCUT2D eigenvalue weighted by molar-refractivity contribution is 5.77. The first kappa shape index (κ1) is 20.9. The number of hydrogen-bond donors (Lipinski definition) is 1. The van der Waals surface area contributed by atoms with Crippen LogP contribution in [0.15, 0.2) is 54.6 Å². The maximum absolute atomic E-state index is 12.1. The van der Waals surface area contributed by atoms with Gasteiger partial charge in [0.25, 0.3) is 5.91 Å². The van der Waals surface area contributed by atoms with Gasteiger partial charge in [-0.15, -0.1) is 10.2 Å². The van der Waals surface area contributed by atoms with E-state index in [-0.39, 0.29) is 12.5 Å².